The SMILES string of the molecule is CCCCCCCC(CC)NC1CCC=CCC1. The monoisotopic (exact) mass is 251 g/mol. The van der Waals surface area contributed by atoms with Crippen molar-refractivity contribution >= 4 is 0 Å². The van der Waals surface area contributed by atoms with Gasteiger partial charge in [0.1, 0.15) is 0 Å². The zero-order chi connectivity index (χ0) is 13.1. The third-order valence-corrected chi connectivity index (χ3v) is 4.15. The van der Waals surface area contributed by atoms with E-state index in [1.165, 1.54) is 70.6 Å². The molecule has 0 spiro atoms. The van der Waals surface area contributed by atoms with E-state index in [1.807, 2.05) is 0 Å². The first-order chi connectivity index (χ1) is 8.86. The summed E-state index contributed by atoms with van der Waals surface area (Å²) < 4.78 is 0. The second-order valence-corrected chi connectivity index (χ2v) is 5.80. The van der Waals surface area contributed by atoms with Gasteiger partial charge < -0.3 is 5.32 Å². The molecule has 0 heterocycles. The molecular weight excluding hydrogens is 218 g/mol. The van der Waals surface area contributed by atoms with Gasteiger partial charge in [0, 0.05) is 12.1 Å². The van der Waals surface area contributed by atoms with Crippen LogP contribution in [0.1, 0.15) is 84.5 Å². The fourth-order valence-corrected chi connectivity index (χ4v) is 2.87. The zero-order valence-electron chi connectivity index (χ0n) is 12.6. The van der Waals surface area contributed by atoms with Crippen molar-refractivity contribution in [3.8, 4) is 0 Å². The molecule has 0 saturated carbocycles. The molecule has 1 aliphatic carbocycles. The molecule has 0 bridgehead atoms. The van der Waals surface area contributed by atoms with Crippen molar-refractivity contribution < 1.29 is 0 Å². The Hall–Kier alpha value is -0.300. The zero-order valence-corrected chi connectivity index (χ0v) is 12.6. The van der Waals surface area contributed by atoms with Crippen LogP contribution < -0.4 is 5.32 Å². The van der Waals surface area contributed by atoms with E-state index in [1.54, 1.807) is 0 Å². The van der Waals surface area contributed by atoms with E-state index in [-0.39, 0.29) is 0 Å². The molecule has 1 N–H and O–H groups in total. The van der Waals surface area contributed by atoms with Crippen LogP contribution in [0.5, 0.6) is 0 Å². The maximum atomic E-state index is 3.90. The normalized spacial score (nSPS) is 18.8. The van der Waals surface area contributed by atoms with Crippen LogP contribution in [0.4, 0.5) is 0 Å². The van der Waals surface area contributed by atoms with Gasteiger partial charge in [-0.15, -0.1) is 0 Å². The van der Waals surface area contributed by atoms with Gasteiger partial charge in [-0.2, -0.15) is 0 Å². The minimum atomic E-state index is 0.759. The van der Waals surface area contributed by atoms with E-state index in [2.05, 4.69) is 31.3 Å². The van der Waals surface area contributed by atoms with Crippen LogP contribution in [0.25, 0.3) is 0 Å². The molecule has 0 fully saturated rings. The Labute approximate surface area is 114 Å². The van der Waals surface area contributed by atoms with E-state index >= 15 is 0 Å². The summed E-state index contributed by atoms with van der Waals surface area (Å²) >= 11 is 0. The van der Waals surface area contributed by atoms with Crippen molar-refractivity contribution in [1.82, 2.24) is 5.32 Å². The lowest BCUT2D eigenvalue weighted by molar-refractivity contribution is 0.364. The molecular formula is C17H33N. The minimum absolute atomic E-state index is 0.759. The van der Waals surface area contributed by atoms with Crippen LogP contribution >= 0.6 is 0 Å². The second kappa shape index (κ2) is 10.6. The molecule has 18 heavy (non-hydrogen) atoms. The van der Waals surface area contributed by atoms with Crippen molar-refractivity contribution in [2.45, 2.75) is 96.6 Å². The van der Waals surface area contributed by atoms with E-state index in [0.29, 0.717) is 0 Å². The Kier molecular flexibility index (Phi) is 9.28. The van der Waals surface area contributed by atoms with Crippen LogP contribution in [0.15, 0.2) is 12.2 Å². The maximum absolute atomic E-state index is 3.90. The van der Waals surface area contributed by atoms with Crippen LogP contribution in [-0.4, -0.2) is 12.1 Å². The highest BCUT2D eigenvalue weighted by molar-refractivity contribution is 4.89. The Morgan fingerprint density at radius 1 is 1.00 bits per heavy atom. The largest absolute Gasteiger partial charge is 0.311 e. The second-order valence-electron chi connectivity index (χ2n) is 5.80. The van der Waals surface area contributed by atoms with Crippen LogP contribution in [-0.2, 0) is 0 Å². The summed E-state index contributed by atoms with van der Waals surface area (Å²) in [6.45, 7) is 4.62. The molecule has 1 aliphatic rings. The van der Waals surface area contributed by atoms with Gasteiger partial charge in [-0.3, -0.25) is 0 Å². The minimum Gasteiger partial charge on any atom is -0.311 e. The quantitative estimate of drug-likeness (QED) is 0.438. The van der Waals surface area contributed by atoms with Crippen LogP contribution in [0, 0.1) is 0 Å². The van der Waals surface area contributed by atoms with Gasteiger partial charge in [-0.1, -0.05) is 58.1 Å². The fourth-order valence-electron chi connectivity index (χ4n) is 2.87. The predicted octanol–water partition coefficient (Wildman–Crippen LogP) is 5.21. The van der Waals surface area contributed by atoms with E-state index in [4.69, 9.17) is 0 Å². The van der Waals surface area contributed by atoms with Crippen molar-refractivity contribution in [3.05, 3.63) is 12.2 Å². The Morgan fingerprint density at radius 2 is 1.67 bits per heavy atom. The molecule has 1 heteroatoms. The smallest absolute Gasteiger partial charge is 0.00755 e. The summed E-state index contributed by atoms with van der Waals surface area (Å²) in [5.74, 6) is 0. The highest BCUT2D eigenvalue weighted by Gasteiger charge is 2.14. The molecule has 1 nitrogen and oxygen atoms in total. The number of unbranched alkanes of at least 4 members (excludes halogenated alkanes) is 4. The molecule has 0 aromatic heterocycles. The average Bonchev–Trinajstić information content (AvgIpc) is 2.65. The van der Waals surface area contributed by atoms with Crippen molar-refractivity contribution in [2.75, 3.05) is 0 Å². The number of hydrogen-bond donors (Lipinski definition) is 1. The van der Waals surface area contributed by atoms with Gasteiger partial charge >= 0.3 is 0 Å². The lowest BCUT2D eigenvalue weighted by atomic mass is 10.0. The summed E-state index contributed by atoms with van der Waals surface area (Å²) in [5, 5.41) is 3.90. The molecule has 0 radical (unpaired) electrons. The molecule has 0 aliphatic heterocycles. The predicted molar refractivity (Wildman–Crippen MR) is 82.0 cm³/mol. The molecule has 0 aromatic carbocycles. The van der Waals surface area contributed by atoms with E-state index < -0.39 is 0 Å². The molecule has 106 valence electrons. The topological polar surface area (TPSA) is 12.0 Å². The van der Waals surface area contributed by atoms with Gasteiger partial charge in [0.05, 0.1) is 0 Å². The highest BCUT2D eigenvalue weighted by atomic mass is 14.9. The van der Waals surface area contributed by atoms with E-state index in [9.17, 15) is 0 Å². The Bertz CT molecular complexity index is 200. The summed E-state index contributed by atoms with van der Waals surface area (Å²) in [6, 6.07) is 1.52. The third-order valence-electron chi connectivity index (χ3n) is 4.15. The number of rotatable bonds is 9. The Morgan fingerprint density at radius 3 is 2.28 bits per heavy atom. The molecule has 0 saturated heterocycles. The standard InChI is InChI=1S/C17H33N/c1-3-5-6-7-10-13-16(4-2)18-17-14-11-8-9-12-15-17/h8-9,16-18H,3-7,10-15H2,1-2H3. The average molecular weight is 251 g/mol. The van der Waals surface area contributed by atoms with Crippen molar-refractivity contribution in [3.63, 3.8) is 0 Å². The summed E-state index contributed by atoms with van der Waals surface area (Å²) in [4.78, 5) is 0. The molecule has 0 amide bonds. The molecule has 1 unspecified atom stereocenters. The van der Waals surface area contributed by atoms with E-state index in [0.717, 1.165) is 12.1 Å². The van der Waals surface area contributed by atoms with Gasteiger partial charge in [-0.25, -0.2) is 0 Å². The van der Waals surface area contributed by atoms with Gasteiger partial charge in [-0.05, 0) is 38.5 Å². The van der Waals surface area contributed by atoms with Crippen molar-refractivity contribution in [2.24, 2.45) is 0 Å². The van der Waals surface area contributed by atoms with Crippen LogP contribution in [0.2, 0.25) is 0 Å². The highest BCUT2D eigenvalue weighted by Crippen LogP contribution is 2.15. The first-order valence-corrected chi connectivity index (χ1v) is 8.27. The molecule has 0 aromatic rings. The molecule has 1 atom stereocenters. The number of nitrogens with one attached hydrogen (secondary N) is 1. The number of hydrogen-bond acceptors (Lipinski definition) is 1. The van der Waals surface area contributed by atoms with Crippen molar-refractivity contribution in [1.29, 1.82) is 0 Å². The number of allylic oxidation sites excluding steroid dienone is 2. The lowest BCUT2D eigenvalue weighted by Crippen LogP contribution is -2.37. The van der Waals surface area contributed by atoms with Crippen LogP contribution in [0.3, 0.4) is 0 Å². The lowest BCUT2D eigenvalue weighted by Gasteiger charge is -2.24. The van der Waals surface area contributed by atoms with Gasteiger partial charge in [0.15, 0.2) is 0 Å². The summed E-state index contributed by atoms with van der Waals surface area (Å²) in [6.07, 6.45) is 19.6. The third kappa shape index (κ3) is 7.20. The first-order valence-electron chi connectivity index (χ1n) is 8.27. The van der Waals surface area contributed by atoms with Gasteiger partial charge in [0.25, 0.3) is 0 Å². The molecule has 1 rings (SSSR count). The first kappa shape index (κ1) is 15.8. The summed E-state index contributed by atoms with van der Waals surface area (Å²) in [7, 11) is 0. The fraction of sp³-hybridized carbons (Fsp3) is 0.882. The maximum Gasteiger partial charge on any atom is 0.00755 e. The van der Waals surface area contributed by atoms with Gasteiger partial charge in [0.2, 0.25) is 0 Å². The summed E-state index contributed by atoms with van der Waals surface area (Å²) in [5.41, 5.74) is 0. The Balaban J connectivity index is 2.12.